The highest BCUT2D eigenvalue weighted by Gasteiger charge is 2.36. The fraction of sp³-hybridized carbons (Fsp3) is 0.350. The van der Waals surface area contributed by atoms with Crippen LogP contribution in [0.1, 0.15) is 18.9 Å². The molecule has 0 N–H and O–H groups in total. The summed E-state index contributed by atoms with van der Waals surface area (Å²) in [6.45, 7) is 1.88. The molecule has 2 aromatic carbocycles. The predicted octanol–water partition coefficient (Wildman–Crippen LogP) is 4.63. The van der Waals surface area contributed by atoms with E-state index >= 15 is 0 Å². The summed E-state index contributed by atoms with van der Waals surface area (Å²) >= 11 is 18.0. The molecule has 0 radical (unpaired) electrons. The molecule has 0 spiro atoms. The molecule has 0 aromatic heterocycles. The quantitative estimate of drug-likeness (QED) is 0.610. The molecule has 9 heteroatoms. The smallest absolute Gasteiger partial charge is 0.263 e. The van der Waals surface area contributed by atoms with E-state index in [2.05, 4.69) is 0 Å². The zero-order valence-electron chi connectivity index (χ0n) is 15.6. The molecule has 5 nitrogen and oxygen atoms in total. The van der Waals surface area contributed by atoms with Gasteiger partial charge in [-0.1, -0.05) is 46.9 Å². The minimum Gasteiger partial charge on any atom is -0.479 e. The summed E-state index contributed by atoms with van der Waals surface area (Å²) in [6, 6.07) is 11.4. The third-order valence-corrected chi connectivity index (χ3v) is 7.28. The van der Waals surface area contributed by atoms with Crippen molar-refractivity contribution in [2.75, 3.05) is 11.5 Å². The van der Waals surface area contributed by atoms with E-state index in [1.54, 1.807) is 36.1 Å². The normalized spacial score (nSPS) is 19.0. The van der Waals surface area contributed by atoms with Crippen molar-refractivity contribution in [3.05, 3.63) is 63.1 Å². The monoisotopic (exact) mass is 475 g/mol. The summed E-state index contributed by atoms with van der Waals surface area (Å²) in [4.78, 5) is 14.8. The Balaban J connectivity index is 1.81. The van der Waals surface area contributed by atoms with E-state index in [0.29, 0.717) is 27.2 Å². The van der Waals surface area contributed by atoms with E-state index < -0.39 is 22.0 Å². The predicted molar refractivity (Wildman–Crippen MR) is 116 cm³/mol. The van der Waals surface area contributed by atoms with Crippen LogP contribution in [0, 0.1) is 0 Å². The van der Waals surface area contributed by atoms with E-state index in [4.69, 9.17) is 39.5 Å². The van der Waals surface area contributed by atoms with Gasteiger partial charge in [0, 0.05) is 22.6 Å². The van der Waals surface area contributed by atoms with Gasteiger partial charge in [0.2, 0.25) is 0 Å². The number of carbonyl (C=O) groups excluding carboxylic acids is 1. The number of hydrogen-bond acceptors (Lipinski definition) is 4. The Hall–Kier alpha value is -1.47. The average Bonchev–Trinajstić information content (AvgIpc) is 3.02. The molecule has 29 heavy (non-hydrogen) atoms. The first-order valence-electron chi connectivity index (χ1n) is 9.02. The SMILES string of the molecule is C[C@H](Oc1ccc(Cl)cc1Cl)C(=O)N(Cc1ccc(Cl)cc1)[C@@H]1CCS(=O)(=O)C1. The molecule has 0 bridgehead atoms. The summed E-state index contributed by atoms with van der Waals surface area (Å²) in [6.07, 6.45) is -0.458. The van der Waals surface area contributed by atoms with Crippen LogP contribution in [0.25, 0.3) is 0 Å². The summed E-state index contributed by atoms with van der Waals surface area (Å²) < 4.78 is 29.7. The van der Waals surface area contributed by atoms with Crippen molar-refractivity contribution < 1.29 is 17.9 Å². The molecule has 156 valence electrons. The van der Waals surface area contributed by atoms with Gasteiger partial charge in [0.15, 0.2) is 15.9 Å². The van der Waals surface area contributed by atoms with Crippen molar-refractivity contribution in [2.24, 2.45) is 0 Å². The molecule has 3 rings (SSSR count). The Morgan fingerprint density at radius 3 is 2.38 bits per heavy atom. The number of ether oxygens (including phenoxy) is 1. The zero-order valence-corrected chi connectivity index (χ0v) is 18.7. The molecule has 1 aliphatic heterocycles. The van der Waals surface area contributed by atoms with Crippen LogP contribution >= 0.6 is 34.8 Å². The third-order valence-electron chi connectivity index (χ3n) is 4.74. The van der Waals surface area contributed by atoms with Crippen molar-refractivity contribution in [1.82, 2.24) is 4.90 Å². The molecule has 0 unspecified atom stereocenters. The lowest BCUT2D eigenvalue weighted by Crippen LogP contribution is -2.46. The average molecular weight is 477 g/mol. The van der Waals surface area contributed by atoms with Gasteiger partial charge in [-0.2, -0.15) is 0 Å². The van der Waals surface area contributed by atoms with Crippen molar-refractivity contribution >= 4 is 50.5 Å². The molecule has 1 saturated heterocycles. The maximum atomic E-state index is 13.2. The Morgan fingerprint density at radius 2 is 1.79 bits per heavy atom. The molecule has 0 saturated carbocycles. The van der Waals surface area contributed by atoms with Gasteiger partial charge >= 0.3 is 0 Å². The first-order valence-corrected chi connectivity index (χ1v) is 12.0. The van der Waals surface area contributed by atoms with Crippen LogP contribution in [0.2, 0.25) is 15.1 Å². The van der Waals surface area contributed by atoms with Crippen LogP contribution in [0.3, 0.4) is 0 Å². The summed E-state index contributed by atoms with van der Waals surface area (Å²) in [5.41, 5.74) is 0.851. The molecule has 1 heterocycles. The van der Waals surface area contributed by atoms with Gasteiger partial charge in [-0.05, 0) is 49.2 Å². The fourth-order valence-electron chi connectivity index (χ4n) is 3.24. The lowest BCUT2D eigenvalue weighted by Gasteiger charge is -2.31. The molecule has 1 fully saturated rings. The third kappa shape index (κ3) is 5.79. The van der Waals surface area contributed by atoms with Gasteiger partial charge in [0.1, 0.15) is 5.75 Å². The Labute approximate surface area is 185 Å². The number of amides is 1. The number of benzene rings is 2. The maximum absolute atomic E-state index is 13.2. The molecule has 1 amide bonds. The minimum atomic E-state index is -3.16. The first kappa shape index (κ1) is 22.2. The number of hydrogen-bond donors (Lipinski definition) is 0. The van der Waals surface area contributed by atoms with Gasteiger partial charge in [-0.3, -0.25) is 4.79 Å². The first-order chi connectivity index (χ1) is 13.6. The Bertz CT molecular complexity index is 995. The second kappa shape index (κ2) is 9.13. The van der Waals surface area contributed by atoms with Gasteiger partial charge in [0.05, 0.1) is 16.5 Å². The topological polar surface area (TPSA) is 63.7 Å². The minimum absolute atomic E-state index is 0.0548. The summed E-state index contributed by atoms with van der Waals surface area (Å²) in [5, 5.41) is 1.34. The van der Waals surface area contributed by atoms with Gasteiger partial charge in [-0.15, -0.1) is 0 Å². The van der Waals surface area contributed by atoms with E-state index in [9.17, 15) is 13.2 Å². The number of carbonyl (C=O) groups is 1. The molecule has 2 aromatic rings. The van der Waals surface area contributed by atoms with Crippen molar-refractivity contribution in [2.45, 2.75) is 32.0 Å². The number of rotatable bonds is 6. The van der Waals surface area contributed by atoms with Crippen LogP contribution in [-0.4, -0.2) is 42.9 Å². The van der Waals surface area contributed by atoms with Gasteiger partial charge in [-0.25, -0.2) is 8.42 Å². The zero-order chi connectivity index (χ0) is 21.2. The van der Waals surface area contributed by atoms with Crippen molar-refractivity contribution in [3.8, 4) is 5.75 Å². The molecule has 1 aliphatic rings. The van der Waals surface area contributed by atoms with E-state index in [-0.39, 0.29) is 24.0 Å². The summed E-state index contributed by atoms with van der Waals surface area (Å²) in [5.74, 6) is 0.0385. The van der Waals surface area contributed by atoms with E-state index in [1.165, 1.54) is 6.07 Å². The largest absolute Gasteiger partial charge is 0.479 e. The lowest BCUT2D eigenvalue weighted by molar-refractivity contribution is -0.140. The standard InChI is InChI=1S/C20H20Cl3NO4S/c1-13(28-19-7-6-16(22)10-18(19)23)20(25)24(17-8-9-29(26,27)12-17)11-14-2-4-15(21)5-3-14/h2-7,10,13,17H,8-9,11-12H2,1H3/t13-,17+/m0/s1. The second-order valence-electron chi connectivity index (χ2n) is 6.98. The molecule has 2 atom stereocenters. The fourth-order valence-corrected chi connectivity index (χ4v) is 5.55. The van der Waals surface area contributed by atoms with Crippen LogP contribution in [0.5, 0.6) is 5.75 Å². The Kier molecular flexibility index (Phi) is 6.99. The van der Waals surface area contributed by atoms with Crippen molar-refractivity contribution in [1.29, 1.82) is 0 Å². The van der Waals surface area contributed by atoms with Crippen LogP contribution < -0.4 is 4.74 Å². The van der Waals surface area contributed by atoms with E-state index in [1.807, 2.05) is 12.1 Å². The van der Waals surface area contributed by atoms with Crippen LogP contribution in [0.4, 0.5) is 0 Å². The van der Waals surface area contributed by atoms with Crippen LogP contribution in [0.15, 0.2) is 42.5 Å². The summed E-state index contributed by atoms with van der Waals surface area (Å²) in [7, 11) is -3.16. The highest BCUT2D eigenvalue weighted by molar-refractivity contribution is 7.91. The molecular formula is C20H20Cl3NO4S. The van der Waals surface area contributed by atoms with E-state index in [0.717, 1.165) is 5.56 Å². The highest BCUT2D eigenvalue weighted by atomic mass is 35.5. The number of halogens is 3. The van der Waals surface area contributed by atoms with Crippen LogP contribution in [-0.2, 0) is 21.2 Å². The van der Waals surface area contributed by atoms with Crippen molar-refractivity contribution in [3.63, 3.8) is 0 Å². The highest BCUT2D eigenvalue weighted by Crippen LogP contribution is 2.29. The molecular weight excluding hydrogens is 457 g/mol. The van der Waals surface area contributed by atoms with Gasteiger partial charge in [0.25, 0.3) is 5.91 Å². The molecule has 0 aliphatic carbocycles. The second-order valence-corrected chi connectivity index (χ2v) is 10.5. The lowest BCUT2D eigenvalue weighted by atomic mass is 10.1. The van der Waals surface area contributed by atoms with Gasteiger partial charge < -0.3 is 9.64 Å². The Morgan fingerprint density at radius 1 is 1.14 bits per heavy atom. The number of nitrogens with zero attached hydrogens (tertiary/aromatic N) is 1. The number of sulfone groups is 1. The maximum Gasteiger partial charge on any atom is 0.263 e.